The maximum atomic E-state index is 4.24. The average Bonchev–Trinajstić information content (AvgIpc) is 2.91. The molecule has 0 aromatic carbocycles. The van der Waals surface area contributed by atoms with Crippen LogP contribution in [0.15, 0.2) is 0 Å². The summed E-state index contributed by atoms with van der Waals surface area (Å²) in [6, 6.07) is 0. The van der Waals surface area contributed by atoms with Gasteiger partial charge < -0.3 is 5.32 Å². The first kappa shape index (κ1) is 14.5. The highest BCUT2D eigenvalue weighted by Crippen LogP contribution is 2.28. The van der Waals surface area contributed by atoms with Crippen molar-refractivity contribution >= 4 is 22.9 Å². The second kappa shape index (κ2) is 6.02. The molecule has 0 spiro atoms. The number of nitrogens with one attached hydrogen (secondary N) is 1. The average molecular weight is 297 g/mol. The highest BCUT2D eigenvalue weighted by atomic mass is 32.1. The third-order valence-corrected chi connectivity index (χ3v) is 4.50. The smallest absolute Gasteiger partial charge is 0.161 e. The summed E-state index contributed by atoms with van der Waals surface area (Å²) in [5, 5.41) is 18.0. The summed E-state index contributed by atoms with van der Waals surface area (Å²) in [6.45, 7) is 9.48. The summed E-state index contributed by atoms with van der Waals surface area (Å²) >= 11 is 3.03. The van der Waals surface area contributed by atoms with Crippen LogP contribution in [0.2, 0.25) is 0 Å². The number of hydrogen-bond donors (Lipinski definition) is 1. The fourth-order valence-corrected chi connectivity index (χ4v) is 3.22. The van der Waals surface area contributed by atoms with E-state index in [4.69, 9.17) is 0 Å². The van der Waals surface area contributed by atoms with E-state index in [1.165, 1.54) is 11.5 Å². The van der Waals surface area contributed by atoms with Crippen LogP contribution in [0.5, 0.6) is 0 Å². The molecule has 19 heavy (non-hydrogen) atoms. The van der Waals surface area contributed by atoms with Crippen molar-refractivity contribution in [2.75, 3.05) is 6.54 Å². The van der Waals surface area contributed by atoms with E-state index in [9.17, 15) is 0 Å². The zero-order valence-corrected chi connectivity index (χ0v) is 13.4. The first-order valence-corrected chi connectivity index (χ1v) is 7.91. The normalized spacial score (nSPS) is 12.0. The lowest BCUT2D eigenvalue weighted by molar-refractivity contribution is 0.422. The Kier molecular flexibility index (Phi) is 4.59. The van der Waals surface area contributed by atoms with Gasteiger partial charge in [-0.3, -0.25) is 0 Å². The molecule has 0 aliphatic heterocycles. The molecular formula is C12H19N5S2. The predicted octanol–water partition coefficient (Wildman–Crippen LogP) is 2.69. The van der Waals surface area contributed by atoms with E-state index in [1.807, 2.05) is 6.92 Å². The van der Waals surface area contributed by atoms with E-state index in [0.717, 1.165) is 40.0 Å². The summed E-state index contributed by atoms with van der Waals surface area (Å²) in [5.74, 6) is 0. The minimum Gasteiger partial charge on any atom is -0.312 e. The number of nitrogens with zero attached hydrogens (tertiary/aromatic N) is 4. The Balaban J connectivity index is 1.87. The molecule has 0 unspecified atom stereocenters. The van der Waals surface area contributed by atoms with Crippen molar-refractivity contribution in [2.24, 2.45) is 0 Å². The Morgan fingerprint density at radius 3 is 2.58 bits per heavy atom. The molecule has 0 bridgehead atoms. The number of hydrogen-bond acceptors (Lipinski definition) is 7. The lowest BCUT2D eigenvalue weighted by Gasteiger charge is -2.20. The van der Waals surface area contributed by atoms with Crippen molar-refractivity contribution in [1.29, 1.82) is 0 Å². The maximum Gasteiger partial charge on any atom is 0.161 e. The van der Waals surface area contributed by atoms with Crippen LogP contribution in [0.25, 0.3) is 9.88 Å². The zero-order chi connectivity index (χ0) is 13.9. The highest BCUT2D eigenvalue weighted by molar-refractivity contribution is 7.19. The van der Waals surface area contributed by atoms with Gasteiger partial charge in [0.15, 0.2) is 5.01 Å². The second-order valence-corrected chi connectivity index (χ2v) is 7.28. The molecule has 2 heterocycles. The Morgan fingerprint density at radius 2 is 1.95 bits per heavy atom. The molecule has 0 radical (unpaired) electrons. The van der Waals surface area contributed by atoms with Crippen LogP contribution in [0, 0.1) is 6.92 Å². The van der Waals surface area contributed by atoms with Crippen LogP contribution in [0.3, 0.4) is 0 Å². The van der Waals surface area contributed by atoms with Gasteiger partial charge in [0.2, 0.25) is 0 Å². The van der Waals surface area contributed by atoms with Gasteiger partial charge in [-0.05, 0) is 52.2 Å². The molecule has 0 amide bonds. The first-order valence-electron chi connectivity index (χ1n) is 6.32. The topological polar surface area (TPSA) is 63.6 Å². The second-order valence-electron chi connectivity index (χ2n) is 5.47. The molecule has 0 aliphatic carbocycles. The maximum absolute atomic E-state index is 4.24. The van der Waals surface area contributed by atoms with Crippen LogP contribution >= 0.6 is 22.9 Å². The van der Waals surface area contributed by atoms with Gasteiger partial charge in [0.25, 0.3) is 0 Å². The largest absolute Gasteiger partial charge is 0.312 e. The standard InChI is InChI=1S/C12H19N5S2/c1-8-10(19-17-14-8)11-16-15-9(18-11)6-5-7-13-12(2,3)4/h13H,5-7H2,1-4H3. The third kappa shape index (κ3) is 4.29. The van der Waals surface area contributed by atoms with Crippen LogP contribution in [-0.4, -0.2) is 31.9 Å². The van der Waals surface area contributed by atoms with Crippen molar-refractivity contribution < 1.29 is 0 Å². The summed E-state index contributed by atoms with van der Waals surface area (Å²) in [5.41, 5.74) is 1.11. The van der Waals surface area contributed by atoms with Crippen molar-refractivity contribution in [2.45, 2.75) is 46.1 Å². The zero-order valence-electron chi connectivity index (χ0n) is 11.7. The molecule has 7 heteroatoms. The molecule has 0 aliphatic rings. The molecule has 104 valence electrons. The van der Waals surface area contributed by atoms with Gasteiger partial charge in [0, 0.05) is 12.0 Å². The fraction of sp³-hybridized carbons (Fsp3) is 0.667. The molecule has 1 N–H and O–H groups in total. The minimum absolute atomic E-state index is 0.178. The van der Waals surface area contributed by atoms with Gasteiger partial charge in [0.1, 0.15) is 9.88 Å². The molecule has 0 atom stereocenters. The van der Waals surface area contributed by atoms with Crippen LogP contribution in [-0.2, 0) is 6.42 Å². The molecular weight excluding hydrogens is 278 g/mol. The lowest BCUT2D eigenvalue weighted by atomic mass is 10.1. The Bertz CT molecular complexity index is 526. The van der Waals surface area contributed by atoms with E-state index in [1.54, 1.807) is 11.3 Å². The van der Waals surface area contributed by atoms with E-state index in [0.29, 0.717) is 0 Å². The summed E-state index contributed by atoms with van der Waals surface area (Å²) < 4.78 is 3.93. The van der Waals surface area contributed by atoms with E-state index in [2.05, 4.69) is 45.9 Å². The van der Waals surface area contributed by atoms with E-state index >= 15 is 0 Å². The molecule has 2 rings (SSSR count). The van der Waals surface area contributed by atoms with E-state index in [-0.39, 0.29) is 5.54 Å². The monoisotopic (exact) mass is 297 g/mol. The third-order valence-electron chi connectivity index (χ3n) is 2.54. The van der Waals surface area contributed by atoms with Gasteiger partial charge in [0.05, 0.1) is 5.69 Å². The Labute approximate surface area is 121 Å². The van der Waals surface area contributed by atoms with Gasteiger partial charge in [-0.2, -0.15) is 0 Å². The summed E-state index contributed by atoms with van der Waals surface area (Å²) in [4.78, 5) is 1.04. The van der Waals surface area contributed by atoms with Gasteiger partial charge >= 0.3 is 0 Å². The van der Waals surface area contributed by atoms with Gasteiger partial charge in [-0.1, -0.05) is 15.8 Å². The Morgan fingerprint density at radius 1 is 1.16 bits per heavy atom. The molecule has 0 saturated carbocycles. The van der Waals surface area contributed by atoms with Crippen molar-refractivity contribution in [1.82, 2.24) is 25.1 Å². The molecule has 2 aromatic heterocycles. The Hall–Kier alpha value is -0.920. The van der Waals surface area contributed by atoms with Gasteiger partial charge in [-0.25, -0.2) is 0 Å². The number of aryl methyl sites for hydroxylation is 2. The van der Waals surface area contributed by atoms with Crippen molar-refractivity contribution in [3.8, 4) is 9.88 Å². The lowest BCUT2D eigenvalue weighted by Crippen LogP contribution is -2.36. The van der Waals surface area contributed by atoms with Crippen LogP contribution < -0.4 is 5.32 Å². The fourth-order valence-electron chi connectivity index (χ4n) is 1.58. The predicted molar refractivity (Wildman–Crippen MR) is 79.6 cm³/mol. The molecule has 2 aromatic rings. The number of aromatic nitrogens is 4. The summed E-state index contributed by atoms with van der Waals surface area (Å²) in [7, 11) is 0. The van der Waals surface area contributed by atoms with Crippen LogP contribution in [0.1, 0.15) is 37.9 Å². The summed E-state index contributed by atoms with van der Waals surface area (Å²) in [6.07, 6.45) is 2.04. The van der Waals surface area contributed by atoms with E-state index < -0.39 is 0 Å². The molecule has 0 saturated heterocycles. The number of rotatable bonds is 5. The van der Waals surface area contributed by atoms with Crippen molar-refractivity contribution in [3.05, 3.63) is 10.7 Å². The van der Waals surface area contributed by atoms with Crippen LogP contribution in [0.4, 0.5) is 0 Å². The molecule has 0 fully saturated rings. The quantitative estimate of drug-likeness (QED) is 0.860. The molecule has 5 nitrogen and oxygen atoms in total. The first-order chi connectivity index (χ1) is 8.96. The van der Waals surface area contributed by atoms with Gasteiger partial charge in [-0.15, -0.1) is 15.3 Å². The highest BCUT2D eigenvalue weighted by Gasteiger charge is 2.13. The SMILES string of the molecule is Cc1nnsc1-c1nnc(CCCNC(C)(C)C)s1. The van der Waals surface area contributed by atoms with Crippen molar-refractivity contribution in [3.63, 3.8) is 0 Å². The minimum atomic E-state index is 0.178.